The molecule has 2 aromatic heterocycles. The van der Waals surface area contributed by atoms with Crippen LogP contribution in [0.3, 0.4) is 0 Å². The molecule has 2 N–H and O–H groups in total. The molecule has 1 fully saturated rings. The van der Waals surface area contributed by atoms with Crippen molar-refractivity contribution in [1.29, 1.82) is 0 Å². The molecular weight excluding hydrogens is 362 g/mol. The first-order valence-electron chi connectivity index (χ1n) is 10.6. The van der Waals surface area contributed by atoms with Gasteiger partial charge in [-0.1, -0.05) is 19.1 Å². The fourth-order valence-corrected chi connectivity index (χ4v) is 4.04. The first-order valence-corrected chi connectivity index (χ1v) is 10.6. The Morgan fingerprint density at radius 2 is 1.69 bits per heavy atom. The summed E-state index contributed by atoms with van der Waals surface area (Å²) in [4.78, 5) is 11.6. The fourth-order valence-electron chi connectivity index (χ4n) is 4.04. The lowest BCUT2D eigenvalue weighted by atomic mass is 9.91. The van der Waals surface area contributed by atoms with Gasteiger partial charge in [0.15, 0.2) is 0 Å². The molecule has 6 heteroatoms. The van der Waals surface area contributed by atoms with E-state index in [2.05, 4.69) is 46.7 Å². The van der Waals surface area contributed by atoms with Crippen molar-refractivity contribution in [2.45, 2.75) is 57.7 Å². The van der Waals surface area contributed by atoms with Gasteiger partial charge in [-0.2, -0.15) is 4.98 Å². The number of hydrogen-bond acceptors (Lipinski definition) is 6. The maximum Gasteiger partial charge on any atom is 0.225 e. The molecule has 1 aliphatic carbocycles. The van der Waals surface area contributed by atoms with Crippen LogP contribution in [-0.2, 0) is 13.0 Å². The highest BCUT2D eigenvalue weighted by Crippen LogP contribution is 2.26. The standard InChI is InChI=1S/C23H31N5O/c1-4-18-13-14-19(29-18)15-24-16-9-11-17(12-10-16)25-23-26-21-8-6-5-7-20(21)22(27-23)28(2)3/h5-8,13-14,16-17,24H,4,9-12,15H2,1-3H3,(H,25,26,27)/t16-,17+. The van der Waals surface area contributed by atoms with E-state index >= 15 is 0 Å². The van der Waals surface area contributed by atoms with Gasteiger partial charge in [0, 0.05) is 38.0 Å². The van der Waals surface area contributed by atoms with Gasteiger partial charge >= 0.3 is 0 Å². The molecule has 0 saturated heterocycles. The monoisotopic (exact) mass is 393 g/mol. The van der Waals surface area contributed by atoms with Crippen molar-refractivity contribution in [2.75, 3.05) is 24.3 Å². The summed E-state index contributed by atoms with van der Waals surface area (Å²) in [7, 11) is 4.05. The number of rotatable bonds is 7. The van der Waals surface area contributed by atoms with E-state index in [9.17, 15) is 0 Å². The van der Waals surface area contributed by atoms with Gasteiger partial charge in [-0.15, -0.1) is 0 Å². The van der Waals surface area contributed by atoms with Crippen LogP contribution in [0.15, 0.2) is 40.8 Å². The number of furan rings is 1. The summed E-state index contributed by atoms with van der Waals surface area (Å²) in [6.07, 6.45) is 5.47. The van der Waals surface area contributed by atoms with Crippen LogP contribution >= 0.6 is 0 Å². The molecule has 0 radical (unpaired) electrons. The van der Waals surface area contributed by atoms with Crippen molar-refractivity contribution in [2.24, 2.45) is 0 Å². The van der Waals surface area contributed by atoms with Gasteiger partial charge < -0.3 is 20.0 Å². The zero-order chi connectivity index (χ0) is 20.2. The normalized spacial score (nSPS) is 19.4. The number of para-hydroxylation sites is 1. The van der Waals surface area contributed by atoms with Crippen molar-refractivity contribution in [3.05, 3.63) is 47.9 Å². The van der Waals surface area contributed by atoms with Crippen LogP contribution < -0.4 is 15.5 Å². The van der Waals surface area contributed by atoms with Gasteiger partial charge in [0.05, 0.1) is 12.1 Å². The number of aromatic nitrogens is 2. The second-order valence-corrected chi connectivity index (χ2v) is 8.08. The summed E-state index contributed by atoms with van der Waals surface area (Å²) < 4.78 is 5.79. The molecule has 1 aliphatic rings. The van der Waals surface area contributed by atoms with E-state index in [0.29, 0.717) is 12.1 Å². The maximum atomic E-state index is 5.79. The summed E-state index contributed by atoms with van der Waals surface area (Å²) in [5.74, 6) is 3.77. The van der Waals surface area contributed by atoms with Gasteiger partial charge in [-0.3, -0.25) is 0 Å². The number of benzene rings is 1. The molecule has 0 aliphatic heterocycles. The van der Waals surface area contributed by atoms with Gasteiger partial charge in [-0.05, 0) is 49.9 Å². The highest BCUT2D eigenvalue weighted by atomic mass is 16.3. The lowest BCUT2D eigenvalue weighted by molar-refractivity contribution is 0.337. The molecule has 0 atom stereocenters. The van der Waals surface area contributed by atoms with Crippen LogP contribution in [0.25, 0.3) is 10.9 Å². The molecule has 154 valence electrons. The molecule has 0 amide bonds. The molecule has 6 nitrogen and oxygen atoms in total. The third-order valence-corrected chi connectivity index (χ3v) is 5.70. The molecule has 3 aromatic rings. The second kappa shape index (κ2) is 8.82. The number of nitrogens with zero attached hydrogens (tertiary/aromatic N) is 3. The summed E-state index contributed by atoms with van der Waals surface area (Å²) in [5.41, 5.74) is 0.981. The third kappa shape index (κ3) is 4.70. The number of fused-ring (bicyclic) bond motifs is 1. The second-order valence-electron chi connectivity index (χ2n) is 8.08. The van der Waals surface area contributed by atoms with E-state index in [1.165, 1.54) is 0 Å². The Hall–Kier alpha value is -2.60. The highest BCUT2D eigenvalue weighted by Gasteiger charge is 2.22. The van der Waals surface area contributed by atoms with Gasteiger partial charge in [0.25, 0.3) is 0 Å². The van der Waals surface area contributed by atoms with Crippen LogP contribution in [0.2, 0.25) is 0 Å². The fraction of sp³-hybridized carbons (Fsp3) is 0.478. The quantitative estimate of drug-likeness (QED) is 0.622. The van der Waals surface area contributed by atoms with Crippen LogP contribution in [-0.4, -0.2) is 36.1 Å². The zero-order valence-corrected chi connectivity index (χ0v) is 17.6. The van der Waals surface area contributed by atoms with Crippen LogP contribution in [0, 0.1) is 0 Å². The molecule has 29 heavy (non-hydrogen) atoms. The van der Waals surface area contributed by atoms with E-state index in [4.69, 9.17) is 14.4 Å². The molecule has 0 unspecified atom stereocenters. The molecule has 4 rings (SSSR count). The van der Waals surface area contributed by atoms with Crippen LogP contribution in [0.1, 0.15) is 44.1 Å². The highest BCUT2D eigenvalue weighted by molar-refractivity contribution is 5.90. The lowest BCUT2D eigenvalue weighted by Gasteiger charge is -2.30. The topological polar surface area (TPSA) is 66.2 Å². The predicted octanol–water partition coefficient (Wildman–Crippen LogP) is 4.36. The SMILES string of the molecule is CCc1ccc(CN[C@H]2CC[C@@H](Nc3nc(N(C)C)c4ccccc4n3)CC2)o1. The van der Waals surface area contributed by atoms with Crippen molar-refractivity contribution in [3.8, 4) is 0 Å². The van der Waals surface area contributed by atoms with Gasteiger partial charge in [0.2, 0.25) is 5.95 Å². The molecule has 0 spiro atoms. The van der Waals surface area contributed by atoms with E-state index < -0.39 is 0 Å². The van der Waals surface area contributed by atoms with E-state index in [-0.39, 0.29) is 0 Å². The largest absolute Gasteiger partial charge is 0.465 e. The van der Waals surface area contributed by atoms with Crippen molar-refractivity contribution < 1.29 is 4.42 Å². The first kappa shape index (κ1) is 19.7. The zero-order valence-electron chi connectivity index (χ0n) is 17.6. The van der Waals surface area contributed by atoms with E-state index in [1.807, 2.05) is 26.2 Å². The number of anilines is 2. The van der Waals surface area contributed by atoms with E-state index in [1.54, 1.807) is 0 Å². The number of nitrogens with one attached hydrogen (secondary N) is 2. The minimum absolute atomic E-state index is 0.416. The van der Waals surface area contributed by atoms with Crippen molar-refractivity contribution in [3.63, 3.8) is 0 Å². The minimum atomic E-state index is 0.416. The molecule has 0 bridgehead atoms. The molecule has 2 heterocycles. The first-order chi connectivity index (χ1) is 14.1. The molecule has 1 saturated carbocycles. The maximum absolute atomic E-state index is 5.79. The smallest absolute Gasteiger partial charge is 0.225 e. The minimum Gasteiger partial charge on any atom is -0.465 e. The Morgan fingerprint density at radius 1 is 0.966 bits per heavy atom. The Morgan fingerprint density at radius 3 is 2.41 bits per heavy atom. The Kier molecular flexibility index (Phi) is 6.00. The summed E-state index contributed by atoms with van der Waals surface area (Å²) in [5, 5.41) is 8.31. The summed E-state index contributed by atoms with van der Waals surface area (Å²) >= 11 is 0. The Balaban J connectivity index is 1.33. The average Bonchev–Trinajstić information content (AvgIpc) is 3.21. The van der Waals surface area contributed by atoms with Crippen molar-refractivity contribution in [1.82, 2.24) is 15.3 Å². The predicted molar refractivity (Wildman–Crippen MR) is 118 cm³/mol. The summed E-state index contributed by atoms with van der Waals surface area (Å²) in [6, 6.07) is 13.3. The van der Waals surface area contributed by atoms with Crippen LogP contribution in [0.4, 0.5) is 11.8 Å². The number of hydrogen-bond donors (Lipinski definition) is 2. The molecule has 1 aromatic carbocycles. The van der Waals surface area contributed by atoms with Crippen LogP contribution in [0.5, 0.6) is 0 Å². The lowest BCUT2D eigenvalue weighted by Crippen LogP contribution is -2.36. The van der Waals surface area contributed by atoms with Gasteiger partial charge in [-0.25, -0.2) is 4.98 Å². The summed E-state index contributed by atoms with van der Waals surface area (Å²) in [6.45, 7) is 2.92. The van der Waals surface area contributed by atoms with Crippen molar-refractivity contribution >= 4 is 22.7 Å². The van der Waals surface area contributed by atoms with E-state index in [0.717, 1.165) is 72.8 Å². The Labute approximate surface area is 172 Å². The third-order valence-electron chi connectivity index (χ3n) is 5.70. The Bertz CT molecular complexity index is 943. The molecular formula is C23H31N5O. The average molecular weight is 394 g/mol. The number of aryl methyl sites for hydroxylation is 1. The van der Waals surface area contributed by atoms with Gasteiger partial charge in [0.1, 0.15) is 17.3 Å².